The van der Waals surface area contributed by atoms with Crippen molar-refractivity contribution in [1.82, 2.24) is 9.21 Å². The van der Waals surface area contributed by atoms with E-state index in [1.807, 2.05) is 0 Å². The van der Waals surface area contributed by atoms with Crippen molar-refractivity contribution in [2.75, 3.05) is 18.7 Å². The summed E-state index contributed by atoms with van der Waals surface area (Å²) in [5, 5.41) is 0. The number of aryl methyl sites for hydroxylation is 1. The Morgan fingerprint density at radius 1 is 1.39 bits per heavy atom. The van der Waals surface area contributed by atoms with E-state index in [2.05, 4.69) is 0 Å². The molecule has 5 nitrogen and oxygen atoms in total. The second-order valence-corrected chi connectivity index (χ2v) is 8.89. The molecule has 23 heavy (non-hydrogen) atoms. The molecule has 0 spiro atoms. The van der Waals surface area contributed by atoms with E-state index in [1.54, 1.807) is 11.9 Å². The maximum Gasteiger partial charge on any atom is 0.244 e. The lowest BCUT2D eigenvalue weighted by atomic mass is 10.2. The molecule has 1 unspecified atom stereocenters. The third-order valence-electron chi connectivity index (χ3n) is 4.31. The molecule has 1 saturated carbocycles. The Kier molecular flexibility index (Phi) is 4.41. The van der Waals surface area contributed by atoms with E-state index in [1.165, 1.54) is 35.1 Å². The van der Waals surface area contributed by atoms with Gasteiger partial charge in [0.05, 0.1) is 10.8 Å². The van der Waals surface area contributed by atoms with Gasteiger partial charge < -0.3 is 4.90 Å². The van der Waals surface area contributed by atoms with Crippen molar-refractivity contribution < 1.29 is 17.6 Å². The maximum atomic E-state index is 13.4. The summed E-state index contributed by atoms with van der Waals surface area (Å²) >= 11 is 1.42. The molecule has 2 aliphatic rings. The molecule has 3 rings (SSSR count). The lowest BCUT2D eigenvalue weighted by molar-refractivity contribution is -0.133. The number of hydrogen-bond acceptors (Lipinski definition) is 4. The number of thioether (sulfide) groups is 1. The molecule has 0 aromatic heterocycles. The molecule has 1 aromatic rings. The molecule has 1 amide bonds. The van der Waals surface area contributed by atoms with E-state index in [4.69, 9.17) is 0 Å². The van der Waals surface area contributed by atoms with E-state index < -0.39 is 21.9 Å². The van der Waals surface area contributed by atoms with Crippen LogP contribution in [-0.4, -0.2) is 54.3 Å². The van der Waals surface area contributed by atoms with Crippen molar-refractivity contribution in [3.05, 3.63) is 29.6 Å². The maximum absolute atomic E-state index is 13.4. The fraction of sp³-hybridized carbons (Fsp3) is 0.533. The number of carbonyl (C=O) groups is 1. The van der Waals surface area contributed by atoms with Gasteiger partial charge in [-0.15, -0.1) is 11.8 Å². The second-order valence-electron chi connectivity index (χ2n) is 6.00. The predicted octanol–water partition coefficient (Wildman–Crippen LogP) is 1.82. The molecule has 8 heteroatoms. The predicted molar refractivity (Wildman–Crippen MR) is 87.1 cm³/mol. The zero-order valence-electron chi connectivity index (χ0n) is 13.0. The van der Waals surface area contributed by atoms with Crippen LogP contribution in [0.2, 0.25) is 0 Å². The summed E-state index contributed by atoms with van der Waals surface area (Å²) in [5.74, 6) is 0.101. The van der Waals surface area contributed by atoms with E-state index in [9.17, 15) is 17.6 Å². The summed E-state index contributed by atoms with van der Waals surface area (Å²) in [7, 11) is -2.08. The lowest BCUT2D eigenvalue weighted by Crippen LogP contribution is -2.48. The standard InChI is InChI=1S/C15H19FN2O3S2/c1-10-7-12(5-6-13(10)16)23(20,21)18-9-22-8-14(18)15(19)17(2)11-3-4-11/h5-7,11,14H,3-4,8-9H2,1-2H3. The third-order valence-corrected chi connectivity index (χ3v) is 7.33. The summed E-state index contributed by atoms with van der Waals surface area (Å²) in [5.41, 5.74) is 0.274. The van der Waals surface area contributed by atoms with Crippen LogP contribution in [0.25, 0.3) is 0 Å². The highest BCUT2D eigenvalue weighted by Gasteiger charge is 2.43. The summed E-state index contributed by atoms with van der Waals surface area (Å²) in [6, 6.07) is 3.29. The molecule has 1 aliphatic carbocycles. The molecule has 1 heterocycles. The molecule has 1 saturated heterocycles. The van der Waals surface area contributed by atoms with Crippen LogP contribution >= 0.6 is 11.8 Å². The number of hydrogen-bond donors (Lipinski definition) is 0. The Morgan fingerprint density at radius 2 is 2.09 bits per heavy atom. The van der Waals surface area contributed by atoms with E-state index in [0.29, 0.717) is 5.75 Å². The Bertz CT molecular complexity index is 734. The van der Waals surface area contributed by atoms with Gasteiger partial charge in [0.25, 0.3) is 0 Å². The minimum absolute atomic E-state index is 0.0331. The molecule has 2 fully saturated rings. The number of halogens is 1. The van der Waals surface area contributed by atoms with Gasteiger partial charge in [0, 0.05) is 18.8 Å². The summed E-state index contributed by atoms with van der Waals surface area (Å²) in [4.78, 5) is 14.3. The zero-order chi connectivity index (χ0) is 16.8. The molecule has 1 aliphatic heterocycles. The molecule has 126 valence electrons. The van der Waals surface area contributed by atoms with Gasteiger partial charge in [-0.1, -0.05) is 0 Å². The Morgan fingerprint density at radius 3 is 2.70 bits per heavy atom. The normalized spacial score (nSPS) is 22.3. The first-order chi connectivity index (χ1) is 10.8. The van der Waals surface area contributed by atoms with Gasteiger partial charge in [-0.3, -0.25) is 4.79 Å². The van der Waals surface area contributed by atoms with Gasteiger partial charge in [0.15, 0.2) is 0 Å². The van der Waals surface area contributed by atoms with E-state index in [-0.39, 0.29) is 28.3 Å². The van der Waals surface area contributed by atoms with Crippen molar-refractivity contribution in [2.45, 2.75) is 36.7 Å². The van der Waals surface area contributed by atoms with Crippen molar-refractivity contribution >= 4 is 27.7 Å². The van der Waals surface area contributed by atoms with E-state index in [0.717, 1.165) is 18.9 Å². The number of likely N-dealkylation sites (N-methyl/N-ethyl adjacent to an activating group) is 1. The molecule has 1 atom stereocenters. The average molecular weight is 358 g/mol. The highest BCUT2D eigenvalue weighted by Crippen LogP contribution is 2.32. The minimum Gasteiger partial charge on any atom is -0.341 e. The lowest BCUT2D eigenvalue weighted by Gasteiger charge is -2.27. The second kappa shape index (κ2) is 6.07. The van der Waals surface area contributed by atoms with Gasteiger partial charge in [-0.05, 0) is 43.5 Å². The summed E-state index contributed by atoms with van der Waals surface area (Å²) in [6.07, 6.45) is 1.96. The van der Waals surface area contributed by atoms with Gasteiger partial charge in [-0.25, -0.2) is 12.8 Å². The van der Waals surface area contributed by atoms with Crippen LogP contribution < -0.4 is 0 Å². The van der Waals surface area contributed by atoms with Gasteiger partial charge in [-0.2, -0.15) is 4.31 Å². The van der Waals surface area contributed by atoms with Crippen molar-refractivity contribution in [3.63, 3.8) is 0 Å². The minimum atomic E-state index is -3.81. The summed E-state index contributed by atoms with van der Waals surface area (Å²) in [6.45, 7) is 1.52. The van der Waals surface area contributed by atoms with Gasteiger partial charge in [0.2, 0.25) is 15.9 Å². The number of sulfonamides is 1. The third kappa shape index (κ3) is 3.12. The van der Waals surface area contributed by atoms with E-state index >= 15 is 0 Å². The van der Waals surface area contributed by atoms with Crippen molar-refractivity contribution in [1.29, 1.82) is 0 Å². The SMILES string of the molecule is Cc1cc(S(=O)(=O)N2CSCC2C(=O)N(C)C2CC2)ccc1F. The largest absolute Gasteiger partial charge is 0.341 e. The van der Waals surface area contributed by atoms with Crippen LogP contribution in [0.4, 0.5) is 4.39 Å². The fourth-order valence-electron chi connectivity index (χ4n) is 2.65. The first-order valence-electron chi connectivity index (χ1n) is 7.45. The topological polar surface area (TPSA) is 57.7 Å². The zero-order valence-corrected chi connectivity index (χ0v) is 14.7. The average Bonchev–Trinajstić information content (AvgIpc) is 3.24. The molecular weight excluding hydrogens is 339 g/mol. The number of nitrogens with zero attached hydrogens (tertiary/aromatic N) is 2. The molecule has 0 N–H and O–H groups in total. The van der Waals surface area contributed by atoms with Gasteiger partial charge >= 0.3 is 0 Å². The number of rotatable bonds is 4. The molecule has 1 aromatic carbocycles. The summed E-state index contributed by atoms with van der Waals surface area (Å²) < 4.78 is 40.3. The van der Waals surface area contributed by atoms with Crippen LogP contribution in [0, 0.1) is 12.7 Å². The highest BCUT2D eigenvalue weighted by atomic mass is 32.2. The Labute approximate surface area is 139 Å². The Balaban J connectivity index is 1.88. The molecule has 0 bridgehead atoms. The number of amides is 1. The molecular formula is C15H19FN2O3S2. The van der Waals surface area contributed by atoms with Crippen LogP contribution in [-0.2, 0) is 14.8 Å². The van der Waals surface area contributed by atoms with Crippen LogP contribution in [0.15, 0.2) is 23.1 Å². The molecule has 0 radical (unpaired) electrons. The van der Waals surface area contributed by atoms with Crippen LogP contribution in [0.5, 0.6) is 0 Å². The fourth-order valence-corrected chi connectivity index (χ4v) is 5.87. The number of carbonyl (C=O) groups excluding carboxylic acids is 1. The van der Waals surface area contributed by atoms with Crippen molar-refractivity contribution in [3.8, 4) is 0 Å². The monoisotopic (exact) mass is 358 g/mol. The number of benzene rings is 1. The highest BCUT2D eigenvalue weighted by molar-refractivity contribution is 8.00. The smallest absolute Gasteiger partial charge is 0.244 e. The first kappa shape index (κ1) is 16.7. The van der Waals surface area contributed by atoms with Gasteiger partial charge in [0.1, 0.15) is 11.9 Å². The van der Waals surface area contributed by atoms with Crippen LogP contribution in [0.1, 0.15) is 18.4 Å². The Hall–Kier alpha value is -1.12. The van der Waals surface area contributed by atoms with Crippen LogP contribution in [0.3, 0.4) is 0 Å². The van der Waals surface area contributed by atoms with Crippen molar-refractivity contribution in [2.24, 2.45) is 0 Å². The quantitative estimate of drug-likeness (QED) is 0.824. The first-order valence-corrected chi connectivity index (χ1v) is 10.0.